The molecular formula is C17H23N3O. The largest absolute Gasteiger partial charge is 0.337 e. The van der Waals surface area contributed by atoms with Crippen LogP contribution in [0.25, 0.3) is 11.4 Å². The highest BCUT2D eigenvalue weighted by Gasteiger charge is 2.28. The van der Waals surface area contributed by atoms with Gasteiger partial charge in [0.25, 0.3) is 0 Å². The molecule has 0 spiro atoms. The van der Waals surface area contributed by atoms with Crippen LogP contribution in [0.15, 0.2) is 28.8 Å². The number of likely N-dealkylation sites (tertiary alicyclic amines) is 1. The Morgan fingerprint density at radius 3 is 2.81 bits per heavy atom. The van der Waals surface area contributed by atoms with E-state index >= 15 is 0 Å². The van der Waals surface area contributed by atoms with Gasteiger partial charge < -0.3 is 4.52 Å². The molecule has 1 aliphatic heterocycles. The first-order valence-corrected chi connectivity index (χ1v) is 7.92. The minimum Gasteiger partial charge on any atom is -0.337 e. The molecule has 0 N–H and O–H groups in total. The Labute approximate surface area is 126 Å². The molecule has 1 aromatic carbocycles. The number of piperidine rings is 1. The van der Waals surface area contributed by atoms with Crippen LogP contribution in [0, 0.1) is 6.92 Å². The van der Waals surface area contributed by atoms with Crippen LogP contribution in [0.3, 0.4) is 0 Å². The summed E-state index contributed by atoms with van der Waals surface area (Å²) < 4.78 is 5.56. The van der Waals surface area contributed by atoms with Crippen LogP contribution >= 0.6 is 0 Å². The summed E-state index contributed by atoms with van der Waals surface area (Å²) in [5.74, 6) is 1.48. The van der Waals surface area contributed by atoms with Crippen molar-refractivity contribution in [3.63, 3.8) is 0 Å². The summed E-state index contributed by atoms with van der Waals surface area (Å²) in [4.78, 5) is 7.13. The average molecular weight is 285 g/mol. The van der Waals surface area contributed by atoms with Crippen LogP contribution < -0.4 is 0 Å². The Kier molecular flexibility index (Phi) is 4.34. The fourth-order valence-corrected chi connectivity index (χ4v) is 3.02. The standard InChI is InChI=1S/C17H23N3O/c1-3-11-20-12-5-4-6-15(20)17-18-16(19-21-17)14-9-7-13(2)8-10-14/h7-10,15H,3-6,11-12H2,1-2H3/t15-/m0/s1. The molecule has 3 rings (SSSR count). The van der Waals surface area contributed by atoms with E-state index in [9.17, 15) is 0 Å². The Morgan fingerprint density at radius 1 is 1.24 bits per heavy atom. The highest BCUT2D eigenvalue weighted by molar-refractivity contribution is 5.54. The molecule has 1 aliphatic rings. The van der Waals surface area contributed by atoms with Gasteiger partial charge in [-0.25, -0.2) is 0 Å². The quantitative estimate of drug-likeness (QED) is 0.852. The predicted molar refractivity (Wildman–Crippen MR) is 82.9 cm³/mol. The first kappa shape index (κ1) is 14.3. The second-order valence-corrected chi connectivity index (χ2v) is 5.87. The summed E-state index contributed by atoms with van der Waals surface area (Å²) in [6.45, 7) is 6.54. The lowest BCUT2D eigenvalue weighted by Crippen LogP contribution is -2.34. The van der Waals surface area contributed by atoms with E-state index in [0.717, 1.165) is 37.4 Å². The zero-order valence-corrected chi connectivity index (χ0v) is 12.9. The molecule has 0 bridgehead atoms. The van der Waals surface area contributed by atoms with Crippen LogP contribution in [-0.4, -0.2) is 28.1 Å². The molecule has 1 fully saturated rings. The zero-order valence-electron chi connectivity index (χ0n) is 12.9. The van der Waals surface area contributed by atoms with E-state index in [1.54, 1.807) is 0 Å². The molecule has 4 nitrogen and oxygen atoms in total. The summed E-state index contributed by atoms with van der Waals surface area (Å²) in [5, 5.41) is 4.17. The van der Waals surface area contributed by atoms with Crippen molar-refractivity contribution in [2.24, 2.45) is 0 Å². The predicted octanol–water partition coefficient (Wildman–Crippen LogP) is 3.98. The van der Waals surface area contributed by atoms with Crippen molar-refractivity contribution in [3.8, 4) is 11.4 Å². The molecule has 1 saturated heterocycles. The fraction of sp³-hybridized carbons (Fsp3) is 0.529. The van der Waals surface area contributed by atoms with E-state index in [4.69, 9.17) is 4.52 Å². The molecule has 1 aromatic heterocycles. The number of hydrogen-bond donors (Lipinski definition) is 0. The fourth-order valence-electron chi connectivity index (χ4n) is 3.02. The molecule has 1 atom stereocenters. The Bertz CT molecular complexity index is 574. The normalized spacial score (nSPS) is 19.8. The van der Waals surface area contributed by atoms with Crippen molar-refractivity contribution in [2.45, 2.75) is 45.6 Å². The number of rotatable bonds is 4. The molecule has 0 saturated carbocycles. The maximum atomic E-state index is 5.56. The third-order valence-corrected chi connectivity index (χ3v) is 4.16. The van der Waals surface area contributed by atoms with E-state index in [-0.39, 0.29) is 0 Å². The molecule has 0 unspecified atom stereocenters. The van der Waals surface area contributed by atoms with Gasteiger partial charge in [0, 0.05) is 5.56 Å². The van der Waals surface area contributed by atoms with Gasteiger partial charge in [-0.05, 0) is 39.3 Å². The van der Waals surface area contributed by atoms with Crippen molar-refractivity contribution >= 4 is 0 Å². The molecule has 112 valence electrons. The third-order valence-electron chi connectivity index (χ3n) is 4.16. The average Bonchev–Trinajstić information content (AvgIpc) is 2.99. The van der Waals surface area contributed by atoms with Crippen molar-refractivity contribution in [3.05, 3.63) is 35.7 Å². The molecule has 0 amide bonds. The van der Waals surface area contributed by atoms with Crippen molar-refractivity contribution in [1.29, 1.82) is 0 Å². The summed E-state index contributed by atoms with van der Waals surface area (Å²) in [7, 11) is 0. The van der Waals surface area contributed by atoms with E-state index < -0.39 is 0 Å². The van der Waals surface area contributed by atoms with Crippen LogP contribution in [-0.2, 0) is 0 Å². The van der Waals surface area contributed by atoms with Gasteiger partial charge in [0.05, 0.1) is 6.04 Å². The van der Waals surface area contributed by atoms with Gasteiger partial charge in [-0.2, -0.15) is 4.98 Å². The van der Waals surface area contributed by atoms with E-state index in [2.05, 4.69) is 53.2 Å². The van der Waals surface area contributed by atoms with Crippen molar-refractivity contribution in [2.75, 3.05) is 13.1 Å². The molecule has 2 heterocycles. The molecule has 0 aliphatic carbocycles. The number of aryl methyl sites for hydroxylation is 1. The molecule has 21 heavy (non-hydrogen) atoms. The lowest BCUT2D eigenvalue weighted by atomic mass is 10.0. The van der Waals surface area contributed by atoms with Crippen LogP contribution in [0.2, 0.25) is 0 Å². The van der Waals surface area contributed by atoms with E-state index in [1.165, 1.54) is 18.4 Å². The number of hydrogen-bond acceptors (Lipinski definition) is 4. The molecular weight excluding hydrogens is 262 g/mol. The van der Waals surface area contributed by atoms with Crippen LogP contribution in [0.4, 0.5) is 0 Å². The Hall–Kier alpha value is -1.68. The van der Waals surface area contributed by atoms with Crippen LogP contribution in [0.5, 0.6) is 0 Å². The number of nitrogens with zero attached hydrogens (tertiary/aromatic N) is 3. The summed E-state index contributed by atoms with van der Waals surface area (Å²) in [5.41, 5.74) is 2.26. The monoisotopic (exact) mass is 285 g/mol. The topological polar surface area (TPSA) is 42.2 Å². The first-order chi connectivity index (χ1) is 10.3. The highest BCUT2D eigenvalue weighted by atomic mass is 16.5. The van der Waals surface area contributed by atoms with Gasteiger partial charge >= 0.3 is 0 Å². The lowest BCUT2D eigenvalue weighted by Gasteiger charge is -2.32. The van der Waals surface area contributed by atoms with Gasteiger partial charge in [0.1, 0.15) is 0 Å². The second-order valence-electron chi connectivity index (χ2n) is 5.87. The highest BCUT2D eigenvalue weighted by Crippen LogP contribution is 2.31. The lowest BCUT2D eigenvalue weighted by molar-refractivity contribution is 0.119. The minimum atomic E-state index is 0.297. The Morgan fingerprint density at radius 2 is 2.05 bits per heavy atom. The maximum absolute atomic E-state index is 5.56. The van der Waals surface area contributed by atoms with E-state index in [0.29, 0.717) is 11.9 Å². The first-order valence-electron chi connectivity index (χ1n) is 7.92. The summed E-state index contributed by atoms with van der Waals surface area (Å²) >= 11 is 0. The van der Waals surface area contributed by atoms with Gasteiger partial charge in [-0.15, -0.1) is 0 Å². The number of aromatic nitrogens is 2. The van der Waals surface area contributed by atoms with Crippen molar-refractivity contribution < 1.29 is 4.52 Å². The SMILES string of the molecule is CCCN1CCCC[C@H]1c1nc(-c2ccc(C)cc2)no1. The number of benzene rings is 1. The van der Waals surface area contributed by atoms with Gasteiger partial charge in [0.2, 0.25) is 11.7 Å². The van der Waals surface area contributed by atoms with Gasteiger partial charge in [0.15, 0.2) is 0 Å². The second kappa shape index (κ2) is 6.39. The smallest absolute Gasteiger partial charge is 0.244 e. The zero-order chi connectivity index (χ0) is 14.7. The third kappa shape index (κ3) is 3.16. The summed E-state index contributed by atoms with van der Waals surface area (Å²) in [6, 6.07) is 8.55. The maximum Gasteiger partial charge on any atom is 0.244 e. The molecule has 4 heteroatoms. The van der Waals surface area contributed by atoms with Crippen molar-refractivity contribution in [1.82, 2.24) is 15.0 Å². The minimum absolute atomic E-state index is 0.297. The Balaban J connectivity index is 1.81. The van der Waals surface area contributed by atoms with Gasteiger partial charge in [-0.1, -0.05) is 48.3 Å². The molecule has 2 aromatic rings. The van der Waals surface area contributed by atoms with Crippen LogP contribution in [0.1, 0.15) is 50.1 Å². The van der Waals surface area contributed by atoms with Gasteiger partial charge in [-0.3, -0.25) is 4.90 Å². The van der Waals surface area contributed by atoms with E-state index in [1.807, 2.05) is 0 Å². The molecule has 0 radical (unpaired) electrons. The summed E-state index contributed by atoms with van der Waals surface area (Å²) in [6.07, 6.45) is 4.80.